The van der Waals surface area contributed by atoms with E-state index in [0.29, 0.717) is 49.2 Å². The van der Waals surface area contributed by atoms with Crippen LogP contribution >= 0.6 is 0 Å². The van der Waals surface area contributed by atoms with Gasteiger partial charge in [-0.05, 0) is 51.8 Å². The second kappa shape index (κ2) is 10.6. The maximum atomic E-state index is 13.0. The molecule has 39 heavy (non-hydrogen) atoms. The second-order valence-corrected chi connectivity index (χ2v) is 11.2. The Labute approximate surface area is 227 Å². The molecule has 206 valence electrons. The molecule has 0 spiro atoms. The molecule has 0 aromatic carbocycles. The fraction of sp³-hybridized carbons (Fsp3) is 0.500. The van der Waals surface area contributed by atoms with Crippen molar-refractivity contribution < 1.29 is 19.1 Å². The number of nitrogens with one attached hydrogen (secondary N) is 1. The largest absolute Gasteiger partial charge is 0.444 e. The van der Waals surface area contributed by atoms with Gasteiger partial charge in [-0.25, -0.2) is 14.8 Å². The third kappa shape index (κ3) is 5.86. The van der Waals surface area contributed by atoms with Gasteiger partial charge in [-0.2, -0.15) is 4.98 Å². The Morgan fingerprint density at radius 3 is 2.28 bits per heavy atom. The van der Waals surface area contributed by atoms with Crippen molar-refractivity contribution >= 4 is 40.6 Å². The molecule has 2 aliphatic rings. The van der Waals surface area contributed by atoms with Crippen LogP contribution in [0.1, 0.15) is 80.3 Å². The fourth-order valence-corrected chi connectivity index (χ4v) is 5.18. The maximum Gasteiger partial charge on any atom is 0.410 e. The van der Waals surface area contributed by atoms with E-state index in [1.165, 1.54) is 6.20 Å². The predicted octanol–water partition coefficient (Wildman–Crippen LogP) is 4.58. The minimum absolute atomic E-state index is 0.0163. The number of hydrogen-bond acceptors (Lipinski definition) is 8. The Morgan fingerprint density at radius 2 is 1.67 bits per heavy atom. The molecule has 1 aliphatic heterocycles. The van der Waals surface area contributed by atoms with E-state index in [-0.39, 0.29) is 23.8 Å². The highest BCUT2D eigenvalue weighted by Gasteiger charge is 2.28. The summed E-state index contributed by atoms with van der Waals surface area (Å²) in [6.45, 7) is 8.77. The van der Waals surface area contributed by atoms with Gasteiger partial charge in [0.1, 0.15) is 17.1 Å². The fourth-order valence-electron chi connectivity index (χ4n) is 5.18. The molecular formula is C28H35N7O4. The lowest BCUT2D eigenvalue weighted by molar-refractivity contribution is 0.0141. The van der Waals surface area contributed by atoms with Crippen molar-refractivity contribution in [1.29, 1.82) is 0 Å². The van der Waals surface area contributed by atoms with Crippen molar-refractivity contribution in [2.45, 2.75) is 65.0 Å². The number of ketones is 1. The molecule has 1 N–H and O–H groups in total. The number of rotatable bonds is 5. The highest BCUT2D eigenvalue weighted by molar-refractivity contribution is 5.98. The van der Waals surface area contributed by atoms with Crippen LogP contribution in [0.25, 0.3) is 11.0 Å². The van der Waals surface area contributed by atoms with E-state index in [1.54, 1.807) is 35.1 Å². The number of Topliss-reactive ketones (excluding diaryl/α,β-unsaturated/α-hetero) is 1. The summed E-state index contributed by atoms with van der Waals surface area (Å²) < 4.78 is 7.49. The Morgan fingerprint density at radius 1 is 0.974 bits per heavy atom. The van der Waals surface area contributed by atoms with Crippen molar-refractivity contribution in [2.75, 3.05) is 31.5 Å². The van der Waals surface area contributed by atoms with Crippen LogP contribution in [0.5, 0.6) is 0 Å². The molecule has 0 bridgehead atoms. The zero-order chi connectivity index (χ0) is 27.7. The normalized spacial score (nSPS) is 16.5. The number of hydrogen-bond donors (Lipinski definition) is 1. The van der Waals surface area contributed by atoms with Crippen LogP contribution in [0.2, 0.25) is 0 Å². The first kappa shape index (κ1) is 26.6. The highest BCUT2D eigenvalue weighted by Crippen LogP contribution is 2.34. The monoisotopic (exact) mass is 533 g/mol. The van der Waals surface area contributed by atoms with E-state index in [9.17, 15) is 14.4 Å². The molecule has 2 fully saturated rings. The van der Waals surface area contributed by atoms with E-state index in [4.69, 9.17) is 9.72 Å². The first-order valence-corrected chi connectivity index (χ1v) is 13.5. The number of piperazine rings is 1. The lowest BCUT2D eigenvalue weighted by Crippen LogP contribution is -2.51. The van der Waals surface area contributed by atoms with Crippen molar-refractivity contribution in [2.24, 2.45) is 0 Å². The van der Waals surface area contributed by atoms with Crippen LogP contribution in [0.15, 0.2) is 30.6 Å². The average molecular weight is 534 g/mol. The number of amides is 2. The first-order valence-electron chi connectivity index (χ1n) is 13.5. The lowest BCUT2D eigenvalue weighted by atomic mass is 10.2. The van der Waals surface area contributed by atoms with Crippen molar-refractivity contribution in [3.05, 3.63) is 41.9 Å². The SMILES string of the molecule is CC(=O)c1cc2cnc(Nc3ccc(C(=O)N4CCN(C(=O)OC(C)(C)C)CC4)cn3)nc2n1C1CCCC1. The third-order valence-corrected chi connectivity index (χ3v) is 7.10. The molecule has 0 atom stereocenters. The third-order valence-electron chi connectivity index (χ3n) is 7.10. The lowest BCUT2D eigenvalue weighted by Gasteiger charge is -2.35. The molecule has 1 aliphatic carbocycles. The van der Waals surface area contributed by atoms with Gasteiger partial charge in [0.2, 0.25) is 5.95 Å². The van der Waals surface area contributed by atoms with E-state index >= 15 is 0 Å². The minimum atomic E-state index is -0.556. The Balaban J connectivity index is 1.25. The Kier molecular flexibility index (Phi) is 7.24. The molecule has 3 aromatic heterocycles. The molecule has 4 heterocycles. The molecule has 1 saturated carbocycles. The molecule has 11 heteroatoms. The molecule has 1 saturated heterocycles. The predicted molar refractivity (Wildman–Crippen MR) is 146 cm³/mol. The quantitative estimate of drug-likeness (QED) is 0.473. The summed E-state index contributed by atoms with van der Waals surface area (Å²) in [6, 6.07) is 5.56. The molecule has 3 aromatic rings. The second-order valence-electron chi connectivity index (χ2n) is 11.2. The zero-order valence-electron chi connectivity index (χ0n) is 22.9. The number of pyridine rings is 1. The van der Waals surface area contributed by atoms with Gasteiger partial charge in [0.05, 0.1) is 11.3 Å². The number of ether oxygens (including phenoxy) is 1. The Bertz CT molecular complexity index is 1380. The summed E-state index contributed by atoms with van der Waals surface area (Å²) in [5.41, 5.74) is 1.31. The van der Waals surface area contributed by atoms with Gasteiger partial charge in [0, 0.05) is 56.9 Å². The Hall–Kier alpha value is -4.02. The van der Waals surface area contributed by atoms with Crippen molar-refractivity contribution in [3.63, 3.8) is 0 Å². The first-order chi connectivity index (χ1) is 18.6. The van der Waals surface area contributed by atoms with Crippen LogP contribution in [-0.2, 0) is 4.74 Å². The zero-order valence-corrected chi connectivity index (χ0v) is 22.9. The molecular weight excluding hydrogens is 498 g/mol. The minimum Gasteiger partial charge on any atom is -0.444 e. The summed E-state index contributed by atoms with van der Waals surface area (Å²) in [6.07, 6.45) is 7.24. The van der Waals surface area contributed by atoms with Gasteiger partial charge in [0.25, 0.3) is 5.91 Å². The van der Waals surface area contributed by atoms with Gasteiger partial charge in [-0.3, -0.25) is 9.59 Å². The summed E-state index contributed by atoms with van der Waals surface area (Å²) in [7, 11) is 0. The topological polar surface area (TPSA) is 123 Å². The van der Waals surface area contributed by atoms with E-state index in [1.807, 2.05) is 26.8 Å². The summed E-state index contributed by atoms with van der Waals surface area (Å²) in [5.74, 6) is 0.760. The number of carbonyl (C=O) groups excluding carboxylic acids is 3. The van der Waals surface area contributed by atoms with E-state index in [2.05, 4.69) is 19.9 Å². The van der Waals surface area contributed by atoms with E-state index < -0.39 is 5.60 Å². The van der Waals surface area contributed by atoms with E-state index in [0.717, 1.165) is 36.7 Å². The standard InChI is InChI=1S/C28H35N7O4/c1-18(36)22-15-20-17-30-26(32-24(20)35(22)21-7-5-6-8-21)31-23-10-9-19(16-29-23)25(37)33-11-13-34(14-12-33)27(38)39-28(2,3)4/h9-10,15-17,21H,5-8,11-14H2,1-4H3,(H,29,30,31,32). The molecule has 5 rings (SSSR count). The molecule has 0 radical (unpaired) electrons. The highest BCUT2D eigenvalue weighted by atomic mass is 16.6. The molecule has 2 amide bonds. The smallest absolute Gasteiger partial charge is 0.410 e. The summed E-state index contributed by atoms with van der Waals surface area (Å²) >= 11 is 0. The van der Waals surface area contributed by atoms with Crippen LogP contribution in [-0.4, -0.2) is 78.9 Å². The van der Waals surface area contributed by atoms with Gasteiger partial charge in [-0.1, -0.05) is 12.8 Å². The van der Waals surface area contributed by atoms with Gasteiger partial charge >= 0.3 is 6.09 Å². The van der Waals surface area contributed by atoms with Crippen LogP contribution < -0.4 is 5.32 Å². The molecule has 0 unspecified atom stereocenters. The molecule has 11 nitrogen and oxygen atoms in total. The number of nitrogens with zero attached hydrogens (tertiary/aromatic N) is 6. The number of aromatic nitrogens is 4. The van der Waals surface area contributed by atoms with Crippen LogP contribution in [0.3, 0.4) is 0 Å². The van der Waals surface area contributed by atoms with Gasteiger partial charge in [-0.15, -0.1) is 0 Å². The number of anilines is 2. The van der Waals surface area contributed by atoms with Gasteiger partial charge in [0.15, 0.2) is 5.78 Å². The van der Waals surface area contributed by atoms with Crippen LogP contribution in [0.4, 0.5) is 16.6 Å². The van der Waals surface area contributed by atoms with Crippen molar-refractivity contribution in [1.82, 2.24) is 29.3 Å². The van der Waals surface area contributed by atoms with Crippen LogP contribution in [0, 0.1) is 0 Å². The average Bonchev–Trinajstić information content (AvgIpc) is 3.55. The summed E-state index contributed by atoms with van der Waals surface area (Å²) in [4.78, 5) is 54.5. The van der Waals surface area contributed by atoms with Crippen molar-refractivity contribution in [3.8, 4) is 0 Å². The number of fused-ring (bicyclic) bond motifs is 1. The number of carbonyl (C=O) groups is 3. The maximum absolute atomic E-state index is 13.0. The van der Waals surface area contributed by atoms with Gasteiger partial charge < -0.3 is 24.4 Å². The summed E-state index contributed by atoms with van der Waals surface area (Å²) in [5, 5.41) is 3.95.